The van der Waals surface area contributed by atoms with Crippen LogP contribution in [0, 0.1) is 5.41 Å². The summed E-state index contributed by atoms with van der Waals surface area (Å²) >= 11 is 0.979. The smallest absolute Gasteiger partial charge is 0.190 e. The molecule has 0 aromatic carbocycles. The molecule has 28 heavy (non-hydrogen) atoms. The number of aliphatic hydroxyl groups excluding tert-OH is 7. The van der Waals surface area contributed by atoms with Crippen molar-refractivity contribution in [2.75, 3.05) is 26.1 Å². The van der Waals surface area contributed by atoms with E-state index in [0.717, 1.165) is 11.8 Å². The van der Waals surface area contributed by atoms with E-state index < -0.39 is 73.8 Å². The molecule has 164 valence electrons. The van der Waals surface area contributed by atoms with Crippen LogP contribution in [0.5, 0.6) is 0 Å². The Kier molecular flexibility index (Phi) is 8.84. The van der Waals surface area contributed by atoms with Crippen LogP contribution in [0.4, 0.5) is 0 Å². The first-order chi connectivity index (χ1) is 13.2. The highest BCUT2D eigenvalue weighted by Crippen LogP contribution is 2.30. The van der Waals surface area contributed by atoms with E-state index in [1.165, 1.54) is 7.11 Å². The number of rotatable bonds is 7. The highest BCUT2D eigenvalue weighted by Gasteiger charge is 2.47. The number of ether oxygens (including phenoxy) is 4. The van der Waals surface area contributed by atoms with Gasteiger partial charge in [-0.15, -0.1) is 11.8 Å². The lowest BCUT2D eigenvalue weighted by atomic mass is 9.99. The standard InChI is InChI=1S/C15H27NO11S/c1-24-7(16)4-28-15-13(23)11(21)9(19)6(27-15)3-25-14-12(22)10(20)8(18)5(2-17)26-14/h5-6,8-23H,2-4H2,1H3/t5-,6-,8-,9-,10+,11+,12+,13+,14+,15-/m1/s1. The van der Waals surface area contributed by atoms with Gasteiger partial charge in [0.25, 0.3) is 0 Å². The van der Waals surface area contributed by atoms with Gasteiger partial charge in [-0.3, -0.25) is 5.41 Å². The molecule has 12 nitrogen and oxygen atoms in total. The molecule has 0 aromatic rings. The molecule has 0 radical (unpaired) electrons. The zero-order valence-electron chi connectivity index (χ0n) is 15.1. The summed E-state index contributed by atoms with van der Waals surface area (Å²) < 4.78 is 20.8. The van der Waals surface area contributed by atoms with Crippen molar-refractivity contribution in [3.05, 3.63) is 0 Å². The van der Waals surface area contributed by atoms with Gasteiger partial charge in [0.2, 0.25) is 0 Å². The molecule has 0 aliphatic carbocycles. The Morgan fingerprint density at radius 2 is 1.50 bits per heavy atom. The second-order valence-electron chi connectivity index (χ2n) is 6.48. The summed E-state index contributed by atoms with van der Waals surface area (Å²) in [6, 6.07) is 0. The van der Waals surface area contributed by atoms with Crippen molar-refractivity contribution >= 4 is 17.7 Å². The first kappa shape index (κ1) is 23.7. The molecule has 13 heteroatoms. The zero-order valence-corrected chi connectivity index (χ0v) is 15.9. The summed E-state index contributed by atoms with van der Waals surface area (Å²) in [6.07, 6.45) is -13.0. The van der Waals surface area contributed by atoms with Gasteiger partial charge >= 0.3 is 0 Å². The minimum Gasteiger partial charge on any atom is -0.484 e. The Bertz CT molecular complexity index is 512. The zero-order chi connectivity index (χ0) is 21.0. The maximum atomic E-state index is 10.1. The van der Waals surface area contributed by atoms with E-state index in [1.807, 2.05) is 0 Å². The molecule has 10 atom stereocenters. The van der Waals surface area contributed by atoms with Crippen molar-refractivity contribution in [3.63, 3.8) is 0 Å². The van der Waals surface area contributed by atoms with Crippen molar-refractivity contribution in [2.45, 2.75) is 60.6 Å². The predicted octanol–water partition coefficient (Wildman–Crippen LogP) is -4.03. The average molecular weight is 429 g/mol. The fourth-order valence-electron chi connectivity index (χ4n) is 2.80. The monoisotopic (exact) mass is 429 g/mol. The van der Waals surface area contributed by atoms with Crippen LogP contribution in [-0.4, -0.2) is 128 Å². The SMILES string of the molecule is COC(=N)CS[C@H]1O[C@H](CO[C@H]2O[C@H](CO)[C@@H](O)[C@H](O)[C@@H]2O)[C@@H](O)[C@H](O)[C@@H]1O. The second-order valence-corrected chi connectivity index (χ2v) is 7.57. The van der Waals surface area contributed by atoms with Crippen molar-refractivity contribution in [2.24, 2.45) is 0 Å². The van der Waals surface area contributed by atoms with Crippen molar-refractivity contribution in [1.82, 2.24) is 0 Å². The van der Waals surface area contributed by atoms with Crippen molar-refractivity contribution in [3.8, 4) is 0 Å². The topological polar surface area (TPSA) is 202 Å². The Hall–Kier alpha value is -0.580. The molecule has 0 bridgehead atoms. The minimum atomic E-state index is -1.62. The summed E-state index contributed by atoms with van der Waals surface area (Å²) in [5.41, 5.74) is -0.989. The van der Waals surface area contributed by atoms with Crippen LogP contribution in [0.2, 0.25) is 0 Å². The highest BCUT2D eigenvalue weighted by atomic mass is 32.2. The van der Waals surface area contributed by atoms with E-state index in [2.05, 4.69) is 0 Å². The van der Waals surface area contributed by atoms with E-state index in [9.17, 15) is 35.7 Å². The van der Waals surface area contributed by atoms with Gasteiger partial charge in [0.05, 0.1) is 26.1 Å². The van der Waals surface area contributed by atoms with Crippen LogP contribution in [0.3, 0.4) is 0 Å². The first-order valence-corrected chi connectivity index (χ1v) is 9.60. The molecule has 0 aromatic heterocycles. The van der Waals surface area contributed by atoms with E-state index in [1.54, 1.807) is 0 Å². The molecule has 2 fully saturated rings. The van der Waals surface area contributed by atoms with Crippen LogP contribution in [0.1, 0.15) is 0 Å². The summed E-state index contributed by atoms with van der Waals surface area (Å²) in [4.78, 5) is 0. The molecule has 2 saturated heterocycles. The van der Waals surface area contributed by atoms with Gasteiger partial charge in [-0.2, -0.15) is 0 Å². The van der Waals surface area contributed by atoms with Gasteiger partial charge < -0.3 is 54.7 Å². The lowest BCUT2D eigenvalue weighted by Crippen LogP contribution is -2.61. The van der Waals surface area contributed by atoms with Crippen LogP contribution < -0.4 is 0 Å². The van der Waals surface area contributed by atoms with Crippen LogP contribution in [0.15, 0.2) is 0 Å². The van der Waals surface area contributed by atoms with Gasteiger partial charge in [0.15, 0.2) is 12.2 Å². The Balaban J connectivity index is 1.96. The molecule has 2 heterocycles. The highest BCUT2D eigenvalue weighted by molar-refractivity contribution is 8.00. The number of hydrogen-bond donors (Lipinski definition) is 8. The molecule has 8 N–H and O–H groups in total. The van der Waals surface area contributed by atoms with E-state index in [4.69, 9.17) is 24.4 Å². The summed E-state index contributed by atoms with van der Waals surface area (Å²) in [7, 11) is 1.32. The molecule has 0 unspecified atom stereocenters. The number of aliphatic hydroxyl groups is 7. The Morgan fingerprint density at radius 1 is 0.893 bits per heavy atom. The molecular formula is C15H27NO11S. The van der Waals surface area contributed by atoms with E-state index in [-0.39, 0.29) is 11.7 Å². The largest absolute Gasteiger partial charge is 0.484 e. The summed E-state index contributed by atoms with van der Waals surface area (Å²) in [6.45, 7) is -1.02. The van der Waals surface area contributed by atoms with E-state index in [0.29, 0.717) is 0 Å². The Labute approximate surface area is 165 Å². The third kappa shape index (κ3) is 5.31. The van der Waals surface area contributed by atoms with Crippen LogP contribution in [0.25, 0.3) is 0 Å². The summed E-state index contributed by atoms with van der Waals surface area (Å²) in [5.74, 6) is -0.0167. The lowest BCUT2D eigenvalue weighted by Gasteiger charge is -2.42. The third-order valence-corrected chi connectivity index (χ3v) is 5.71. The first-order valence-electron chi connectivity index (χ1n) is 8.56. The van der Waals surface area contributed by atoms with Crippen LogP contribution >= 0.6 is 11.8 Å². The molecular weight excluding hydrogens is 402 g/mol. The minimum absolute atomic E-state index is 0.0569. The number of nitrogens with one attached hydrogen (secondary N) is 1. The van der Waals surface area contributed by atoms with E-state index >= 15 is 0 Å². The Morgan fingerprint density at radius 3 is 2.11 bits per heavy atom. The quantitative estimate of drug-likeness (QED) is 0.144. The maximum Gasteiger partial charge on any atom is 0.190 e. The maximum absolute atomic E-state index is 10.1. The lowest BCUT2D eigenvalue weighted by molar-refractivity contribution is -0.311. The normalized spacial score (nSPS) is 44.3. The second kappa shape index (κ2) is 10.4. The predicted molar refractivity (Wildman–Crippen MR) is 93.6 cm³/mol. The number of methoxy groups -OCH3 is 1. The molecule has 0 amide bonds. The van der Waals surface area contributed by atoms with Crippen molar-refractivity contribution in [1.29, 1.82) is 5.41 Å². The van der Waals surface area contributed by atoms with Crippen LogP contribution in [-0.2, 0) is 18.9 Å². The third-order valence-electron chi connectivity index (χ3n) is 4.57. The van der Waals surface area contributed by atoms with Gasteiger partial charge in [-0.25, -0.2) is 0 Å². The summed E-state index contributed by atoms with van der Waals surface area (Å²) in [5, 5.41) is 76.3. The molecule has 2 aliphatic heterocycles. The van der Waals surface area contributed by atoms with Gasteiger partial charge in [0.1, 0.15) is 54.3 Å². The van der Waals surface area contributed by atoms with Crippen molar-refractivity contribution < 1.29 is 54.7 Å². The van der Waals surface area contributed by atoms with Gasteiger partial charge in [-0.05, 0) is 0 Å². The molecule has 0 saturated carbocycles. The number of hydrogen-bond acceptors (Lipinski definition) is 13. The van der Waals surface area contributed by atoms with Gasteiger partial charge in [-0.1, -0.05) is 0 Å². The molecule has 0 spiro atoms. The molecule has 2 rings (SSSR count). The number of thioether (sulfide) groups is 1. The molecule has 2 aliphatic rings. The fourth-order valence-corrected chi connectivity index (χ4v) is 3.82. The van der Waals surface area contributed by atoms with Gasteiger partial charge in [0, 0.05) is 0 Å². The fraction of sp³-hybridized carbons (Fsp3) is 0.933. The average Bonchev–Trinajstić information content (AvgIpc) is 2.70.